The van der Waals surface area contributed by atoms with Gasteiger partial charge in [0.05, 0.1) is 13.2 Å². The number of esters is 1. The average molecular weight is 386 g/mol. The number of nitrogens with zero attached hydrogens (tertiary/aromatic N) is 2. The minimum absolute atomic E-state index is 0.0396. The number of rotatable bonds is 6. The van der Waals surface area contributed by atoms with Gasteiger partial charge in [-0.05, 0) is 46.1 Å². The topological polar surface area (TPSA) is 102 Å². The third-order valence-corrected chi connectivity index (χ3v) is 4.92. The number of carbonyl (C=O) groups is 3. The Hall–Kier alpha value is -1.67. The Morgan fingerprint density at radius 2 is 1.74 bits per heavy atom. The lowest BCUT2D eigenvalue weighted by Gasteiger charge is -2.41. The molecule has 1 amide bonds. The number of ketones is 1. The number of piperazine rings is 1. The first-order chi connectivity index (χ1) is 12.3. The molecule has 1 saturated heterocycles. The van der Waals surface area contributed by atoms with E-state index in [9.17, 15) is 14.4 Å². The number of hydrogen-bond donors (Lipinski definition) is 1. The van der Waals surface area contributed by atoms with Gasteiger partial charge in [0.1, 0.15) is 17.4 Å². The maximum absolute atomic E-state index is 12.5. The van der Waals surface area contributed by atoms with Crippen LogP contribution in [0.1, 0.15) is 48.0 Å². The van der Waals surface area contributed by atoms with E-state index in [1.54, 1.807) is 20.8 Å². The third kappa shape index (κ3) is 6.77. The van der Waals surface area contributed by atoms with Crippen LogP contribution in [0.25, 0.3) is 0 Å². The largest absolute Gasteiger partial charge is 0.467 e. The second-order valence-corrected chi connectivity index (χ2v) is 8.84. The Kier molecular flexibility index (Phi) is 7.80. The molecular weight excluding hydrogens is 350 g/mol. The Labute approximate surface area is 162 Å². The molecule has 1 rings (SSSR count). The van der Waals surface area contributed by atoms with Crippen molar-refractivity contribution in [3.8, 4) is 0 Å². The first kappa shape index (κ1) is 23.4. The van der Waals surface area contributed by atoms with Crippen LogP contribution in [0, 0.1) is 5.41 Å². The van der Waals surface area contributed by atoms with Crippen LogP contribution in [0.15, 0.2) is 0 Å². The number of ether oxygens (including phenoxy) is 2. The fourth-order valence-electron chi connectivity index (χ4n) is 3.07. The van der Waals surface area contributed by atoms with Gasteiger partial charge in [-0.1, -0.05) is 13.8 Å². The number of carbonyl (C=O) groups excluding carboxylic acids is 3. The molecule has 1 fully saturated rings. The van der Waals surface area contributed by atoms with E-state index in [1.165, 1.54) is 18.9 Å². The minimum atomic E-state index is -0.719. The van der Waals surface area contributed by atoms with E-state index in [2.05, 4.69) is 4.90 Å². The van der Waals surface area contributed by atoms with E-state index in [-0.39, 0.29) is 11.2 Å². The van der Waals surface area contributed by atoms with E-state index >= 15 is 0 Å². The molecule has 27 heavy (non-hydrogen) atoms. The normalized spacial score (nSPS) is 20.1. The summed E-state index contributed by atoms with van der Waals surface area (Å²) in [7, 11) is 1.31. The van der Waals surface area contributed by atoms with Gasteiger partial charge in [-0.25, -0.2) is 9.59 Å². The molecule has 1 aliphatic rings. The zero-order valence-electron chi connectivity index (χ0n) is 17.7. The molecular formula is C19H35N3O5. The van der Waals surface area contributed by atoms with Crippen LogP contribution in [0.5, 0.6) is 0 Å². The summed E-state index contributed by atoms with van der Waals surface area (Å²) in [6.45, 7) is 12.8. The molecule has 0 aliphatic carbocycles. The molecule has 0 spiro atoms. The van der Waals surface area contributed by atoms with Crippen LogP contribution >= 0.6 is 0 Å². The van der Waals surface area contributed by atoms with Crippen molar-refractivity contribution in [2.24, 2.45) is 11.1 Å². The van der Waals surface area contributed by atoms with Gasteiger partial charge < -0.3 is 15.2 Å². The average Bonchev–Trinajstić information content (AvgIpc) is 2.56. The van der Waals surface area contributed by atoms with Crippen LogP contribution in [0.4, 0.5) is 4.79 Å². The molecule has 0 saturated carbocycles. The van der Waals surface area contributed by atoms with Gasteiger partial charge >= 0.3 is 12.1 Å². The molecule has 0 aromatic heterocycles. The molecule has 156 valence electrons. The summed E-state index contributed by atoms with van der Waals surface area (Å²) in [6.07, 6.45) is 0.185. The number of nitrogens with two attached hydrogens (primary N) is 1. The third-order valence-electron chi connectivity index (χ3n) is 4.92. The van der Waals surface area contributed by atoms with Crippen LogP contribution in [0.2, 0.25) is 0 Å². The van der Waals surface area contributed by atoms with E-state index < -0.39 is 29.7 Å². The Balaban J connectivity index is 2.78. The maximum Gasteiger partial charge on any atom is 0.411 e. The fourth-order valence-corrected chi connectivity index (χ4v) is 3.07. The first-order valence-corrected chi connectivity index (χ1v) is 9.34. The van der Waals surface area contributed by atoms with Crippen LogP contribution < -0.4 is 5.73 Å². The van der Waals surface area contributed by atoms with Gasteiger partial charge in [-0.3, -0.25) is 14.6 Å². The molecule has 0 aromatic carbocycles. The van der Waals surface area contributed by atoms with Crippen molar-refractivity contribution in [3.63, 3.8) is 0 Å². The monoisotopic (exact) mass is 385 g/mol. The number of amides is 1. The molecule has 1 heterocycles. The highest BCUT2D eigenvalue weighted by molar-refractivity contribution is 5.82. The van der Waals surface area contributed by atoms with Crippen LogP contribution in [-0.2, 0) is 19.1 Å². The molecule has 0 radical (unpaired) electrons. The molecule has 1 aliphatic heterocycles. The Bertz CT molecular complexity index is 556. The highest BCUT2D eigenvalue weighted by Gasteiger charge is 2.39. The second kappa shape index (κ2) is 9.01. The first-order valence-electron chi connectivity index (χ1n) is 9.34. The molecule has 0 bridgehead atoms. The number of Topliss-reactive ketones (excluding diaryl/α,β-unsaturated/α-hetero) is 1. The predicted molar refractivity (Wildman–Crippen MR) is 102 cm³/mol. The molecule has 8 heteroatoms. The Morgan fingerprint density at radius 1 is 1.15 bits per heavy atom. The lowest BCUT2D eigenvalue weighted by molar-refractivity contribution is -0.149. The summed E-state index contributed by atoms with van der Waals surface area (Å²) < 4.78 is 10.3. The van der Waals surface area contributed by atoms with Crippen molar-refractivity contribution in [1.82, 2.24) is 9.80 Å². The SMILES string of the molecule is COC(=O)[C@H]1CN(CCC(C)(C)[C@H](N)C(C)=O)CCN1C(=O)OC(C)(C)C. The van der Waals surface area contributed by atoms with E-state index in [1.807, 2.05) is 13.8 Å². The van der Waals surface area contributed by atoms with Crippen LogP contribution in [0.3, 0.4) is 0 Å². The van der Waals surface area contributed by atoms with Crippen LogP contribution in [-0.4, -0.2) is 78.6 Å². The van der Waals surface area contributed by atoms with Crippen molar-refractivity contribution in [2.45, 2.75) is 65.6 Å². The maximum atomic E-state index is 12.5. The molecule has 8 nitrogen and oxygen atoms in total. The van der Waals surface area contributed by atoms with Crippen molar-refractivity contribution in [1.29, 1.82) is 0 Å². The van der Waals surface area contributed by atoms with Crippen molar-refractivity contribution in [2.75, 3.05) is 33.3 Å². The summed E-state index contributed by atoms with van der Waals surface area (Å²) in [6, 6.07) is -1.25. The minimum Gasteiger partial charge on any atom is -0.467 e. The summed E-state index contributed by atoms with van der Waals surface area (Å²) in [5, 5.41) is 0. The van der Waals surface area contributed by atoms with E-state index in [4.69, 9.17) is 15.2 Å². The van der Waals surface area contributed by atoms with Gasteiger partial charge in [-0.2, -0.15) is 0 Å². The van der Waals surface area contributed by atoms with E-state index in [0.717, 1.165) is 0 Å². The summed E-state index contributed by atoms with van der Waals surface area (Å²) >= 11 is 0. The van der Waals surface area contributed by atoms with Gasteiger partial charge in [0.2, 0.25) is 0 Å². The van der Waals surface area contributed by atoms with Crippen molar-refractivity contribution in [3.05, 3.63) is 0 Å². The zero-order chi connectivity index (χ0) is 21.0. The quantitative estimate of drug-likeness (QED) is 0.690. The van der Waals surface area contributed by atoms with Crippen molar-refractivity contribution >= 4 is 17.8 Å². The lowest BCUT2D eigenvalue weighted by atomic mass is 9.79. The van der Waals surface area contributed by atoms with Gasteiger partial charge in [0.15, 0.2) is 0 Å². The van der Waals surface area contributed by atoms with Gasteiger partial charge in [0, 0.05) is 19.6 Å². The standard InChI is InChI=1S/C19H35N3O5/c1-13(23)15(20)19(5,6)8-9-21-10-11-22(14(12-21)16(24)26-7)17(25)27-18(2,3)4/h14-15H,8-12,20H2,1-7H3/t14-,15-/m1/s1. The van der Waals surface area contributed by atoms with Gasteiger partial charge in [-0.15, -0.1) is 0 Å². The summed E-state index contributed by atoms with van der Waals surface area (Å²) in [5.74, 6) is -0.507. The molecule has 2 N–H and O–H groups in total. The zero-order valence-corrected chi connectivity index (χ0v) is 17.7. The predicted octanol–water partition coefficient (Wildman–Crippen LogP) is 1.41. The number of methoxy groups -OCH3 is 1. The lowest BCUT2D eigenvalue weighted by Crippen LogP contribution is -2.59. The van der Waals surface area contributed by atoms with E-state index in [0.29, 0.717) is 32.6 Å². The molecule has 0 aromatic rings. The van der Waals surface area contributed by atoms with Gasteiger partial charge in [0.25, 0.3) is 0 Å². The van der Waals surface area contributed by atoms with Crippen molar-refractivity contribution < 1.29 is 23.9 Å². The molecule has 2 atom stereocenters. The highest BCUT2D eigenvalue weighted by atomic mass is 16.6. The number of hydrogen-bond acceptors (Lipinski definition) is 7. The second-order valence-electron chi connectivity index (χ2n) is 8.84. The Morgan fingerprint density at radius 3 is 2.22 bits per heavy atom. The highest BCUT2D eigenvalue weighted by Crippen LogP contribution is 2.26. The summed E-state index contributed by atoms with van der Waals surface area (Å²) in [4.78, 5) is 39.8. The smallest absolute Gasteiger partial charge is 0.411 e. The molecule has 0 unspecified atom stereocenters. The summed E-state index contributed by atoms with van der Waals surface area (Å²) in [5.41, 5.74) is 5.03. The fraction of sp³-hybridized carbons (Fsp3) is 0.842.